The maximum atomic E-state index is 5.28. The van der Waals surface area contributed by atoms with E-state index in [2.05, 4.69) is 25.8 Å². The van der Waals surface area contributed by atoms with Crippen LogP contribution in [0.2, 0.25) is 0 Å². The molecule has 0 atom stereocenters. The fourth-order valence-electron chi connectivity index (χ4n) is 2.55. The SMILES string of the molecule is CN1CC(C)(C)CC12COC2. The first kappa shape index (κ1) is 7.56. The Morgan fingerprint density at radius 2 is 1.91 bits per heavy atom. The summed E-state index contributed by atoms with van der Waals surface area (Å²) in [6.45, 7) is 7.81. The Kier molecular flexibility index (Phi) is 1.37. The summed E-state index contributed by atoms with van der Waals surface area (Å²) in [6.07, 6.45) is 1.30. The van der Waals surface area contributed by atoms with Crippen molar-refractivity contribution in [3.05, 3.63) is 0 Å². The van der Waals surface area contributed by atoms with E-state index in [1.165, 1.54) is 13.0 Å². The summed E-state index contributed by atoms with van der Waals surface area (Å²) in [5, 5.41) is 0. The van der Waals surface area contributed by atoms with Gasteiger partial charge in [0.1, 0.15) is 0 Å². The Bertz CT molecular complexity index is 172. The van der Waals surface area contributed by atoms with Crippen molar-refractivity contribution in [1.82, 2.24) is 4.90 Å². The third-order valence-electron chi connectivity index (χ3n) is 3.02. The second-order valence-corrected chi connectivity index (χ2v) is 4.91. The van der Waals surface area contributed by atoms with Gasteiger partial charge < -0.3 is 4.74 Å². The summed E-state index contributed by atoms with van der Waals surface area (Å²) >= 11 is 0. The molecule has 2 aliphatic heterocycles. The van der Waals surface area contributed by atoms with E-state index in [0.29, 0.717) is 11.0 Å². The number of hydrogen-bond donors (Lipinski definition) is 0. The van der Waals surface area contributed by atoms with Crippen molar-refractivity contribution in [2.45, 2.75) is 25.8 Å². The van der Waals surface area contributed by atoms with Gasteiger partial charge in [0.05, 0.1) is 18.8 Å². The molecule has 0 radical (unpaired) electrons. The molecule has 0 aromatic heterocycles. The van der Waals surface area contributed by atoms with Crippen LogP contribution in [-0.4, -0.2) is 37.2 Å². The largest absolute Gasteiger partial charge is 0.377 e. The molecule has 1 spiro atoms. The molecule has 2 rings (SSSR count). The maximum absolute atomic E-state index is 5.28. The average Bonchev–Trinajstić information content (AvgIpc) is 1.99. The van der Waals surface area contributed by atoms with Gasteiger partial charge >= 0.3 is 0 Å². The normalized spacial score (nSPS) is 34.1. The fourth-order valence-corrected chi connectivity index (χ4v) is 2.55. The highest BCUT2D eigenvalue weighted by atomic mass is 16.5. The van der Waals surface area contributed by atoms with Crippen LogP contribution in [0.25, 0.3) is 0 Å². The molecule has 0 aliphatic carbocycles. The quantitative estimate of drug-likeness (QED) is 0.519. The highest BCUT2D eigenvalue weighted by Gasteiger charge is 2.51. The second kappa shape index (κ2) is 1.99. The third kappa shape index (κ3) is 1.00. The molecule has 0 unspecified atom stereocenters. The van der Waals surface area contributed by atoms with Crippen LogP contribution in [0.1, 0.15) is 20.3 Å². The van der Waals surface area contributed by atoms with Gasteiger partial charge in [-0.05, 0) is 18.9 Å². The second-order valence-electron chi connectivity index (χ2n) is 4.91. The summed E-state index contributed by atoms with van der Waals surface area (Å²) in [4.78, 5) is 2.47. The number of hydrogen-bond acceptors (Lipinski definition) is 2. The monoisotopic (exact) mass is 155 g/mol. The first-order valence-electron chi connectivity index (χ1n) is 4.33. The average molecular weight is 155 g/mol. The number of nitrogens with zero attached hydrogens (tertiary/aromatic N) is 1. The van der Waals surface area contributed by atoms with Gasteiger partial charge in [0, 0.05) is 6.54 Å². The molecule has 0 bridgehead atoms. The topological polar surface area (TPSA) is 12.5 Å². The van der Waals surface area contributed by atoms with Gasteiger partial charge in [-0.2, -0.15) is 0 Å². The van der Waals surface area contributed by atoms with Crippen molar-refractivity contribution in [3.8, 4) is 0 Å². The Balaban J connectivity index is 2.14. The fraction of sp³-hybridized carbons (Fsp3) is 1.00. The molecular weight excluding hydrogens is 138 g/mol. The standard InChI is InChI=1S/C9H17NO/c1-8(2)4-9(6-11-7-9)10(3)5-8/h4-7H2,1-3H3. The zero-order chi connectivity index (χ0) is 8.11. The van der Waals surface area contributed by atoms with E-state index in [9.17, 15) is 0 Å². The molecule has 2 nitrogen and oxygen atoms in total. The summed E-state index contributed by atoms with van der Waals surface area (Å²) in [5.41, 5.74) is 0.919. The minimum atomic E-state index is 0.420. The Morgan fingerprint density at radius 1 is 1.27 bits per heavy atom. The molecule has 0 aromatic carbocycles. The van der Waals surface area contributed by atoms with Crippen LogP contribution in [0, 0.1) is 5.41 Å². The van der Waals surface area contributed by atoms with E-state index in [-0.39, 0.29) is 0 Å². The number of likely N-dealkylation sites (N-methyl/N-ethyl adjacent to an activating group) is 1. The van der Waals surface area contributed by atoms with Crippen LogP contribution in [0.15, 0.2) is 0 Å². The van der Waals surface area contributed by atoms with Gasteiger partial charge in [0.15, 0.2) is 0 Å². The molecule has 2 aliphatic rings. The minimum Gasteiger partial charge on any atom is -0.377 e. The lowest BCUT2D eigenvalue weighted by Crippen LogP contribution is -2.57. The van der Waals surface area contributed by atoms with Crippen LogP contribution >= 0.6 is 0 Å². The minimum absolute atomic E-state index is 0.420. The van der Waals surface area contributed by atoms with E-state index in [1.807, 2.05) is 0 Å². The zero-order valence-electron chi connectivity index (χ0n) is 7.68. The van der Waals surface area contributed by atoms with Crippen LogP contribution < -0.4 is 0 Å². The highest BCUT2D eigenvalue weighted by molar-refractivity contribution is 5.05. The smallest absolute Gasteiger partial charge is 0.0681 e. The van der Waals surface area contributed by atoms with E-state index in [1.54, 1.807) is 0 Å². The van der Waals surface area contributed by atoms with Crippen LogP contribution in [0.3, 0.4) is 0 Å². The summed E-state index contributed by atoms with van der Waals surface area (Å²) in [5.74, 6) is 0. The van der Waals surface area contributed by atoms with E-state index in [4.69, 9.17) is 4.74 Å². The first-order chi connectivity index (χ1) is 5.04. The molecule has 0 aromatic rings. The van der Waals surface area contributed by atoms with E-state index in [0.717, 1.165) is 13.2 Å². The van der Waals surface area contributed by atoms with Gasteiger partial charge in [-0.1, -0.05) is 13.8 Å². The van der Waals surface area contributed by atoms with Crippen molar-refractivity contribution in [2.24, 2.45) is 5.41 Å². The van der Waals surface area contributed by atoms with Gasteiger partial charge in [0.25, 0.3) is 0 Å². The Hall–Kier alpha value is -0.0800. The Labute approximate surface area is 68.5 Å². The van der Waals surface area contributed by atoms with Gasteiger partial charge in [0.2, 0.25) is 0 Å². The first-order valence-corrected chi connectivity index (χ1v) is 4.33. The van der Waals surface area contributed by atoms with Crippen molar-refractivity contribution < 1.29 is 4.74 Å². The molecule has 11 heavy (non-hydrogen) atoms. The molecule has 64 valence electrons. The van der Waals surface area contributed by atoms with Gasteiger partial charge in [-0.3, -0.25) is 4.90 Å². The predicted molar refractivity (Wildman–Crippen MR) is 44.6 cm³/mol. The van der Waals surface area contributed by atoms with E-state index < -0.39 is 0 Å². The lowest BCUT2D eigenvalue weighted by Gasteiger charge is -2.43. The van der Waals surface area contributed by atoms with Gasteiger partial charge in [-0.25, -0.2) is 0 Å². The van der Waals surface area contributed by atoms with Crippen molar-refractivity contribution in [2.75, 3.05) is 26.8 Å². The van der Waals surface area contributed by atoms with Crippen molar-refractivity contribution in [1.29, 1.82) is 0 Å². The summed E-state index contributed by atoms with van der Waals surface area (Å²) in [6, 6.07) is 0. The van der Waals surface area contributed by atoms with Gasteiger partial charge in [-0.15, -0.1) is 0 Å². The molecule has 0 N–H and O–H groups in total. The van der Waals surface area contributed by atoms with Crippen LogP contribution in [0.4, 0.5) is 0 Å². The molecule has 2 fully saturated rings. The van der Waals surface area contributed by atoms with Crippen molar-refractivity contribution >= 4 is 0 Å². The Morgan fingerprint density at radius 3 is 2.09 bits per heavy atom. The molecule has 2 heteroatoms. The lowest BCUT2D eigenvalue weighted by molar-refractivity contribution is -0.115. The van der Waals surface area contributed by atoms with Crippen LogP contribution in [0.5, 0.6) is 0 Å². The predicted octanol–water partition coefficient (Wildman–Crippen LogP) is 1.12. The number of likely N-dealkylation sites (tertiary alicyclic amines) is 1. The maximum Gasteiger partial charge on any atom is 0.0681 e. The molecule has 2 heterocycles. The zero-order valence-corrected chi connectivity index (χ0v) is 7.68. The lowest BCUT2D eigenvalue weighted by atomic mass is 9.83. The molecule has 2 saturated heterocycles. The number of rotatable bonds is 0. The molecule has 0 saturated carbocycles. The summed E-state index contributed by atoms with van der Waals surface area (Å²) in [7, 11) is 2.22. The molecule has 0 amide bonds. The van der Waals surface area contributed by atoms with Crippen LogP contribution in [-0.2, 0) is 4.74 Å². The summed E-state index contributed by atoms with van der Waals surface area (Å²) < 4.78 is 5.28. The highest BCUT2D eigenvalue weighted by Crippen LogP contribution is 2.43. The third-order valence-corrected chi connectivity index (χ3v) is 3.02. The van der Waals surface area contributed by atoms with E-state index >= 15 is 0 Å². The molecular formula is C9H17NO. The number of ether oxygens (including phenoxy) is 1. The van der Waals surface area contributed by atoms with Crippen molar-refractivity contribution in [3.63, 3.8) is 0 Å².